The summed E-state index contributed by atoms with van der Waals surface area (Å²) in [5.41, 5.74) is 0.687. The number of carbonyl (C=O) groups excluding carboxylic acids is 1. The lowest BCUT2D eigenvalue weighted by atomic mass is 10.0. The molecular weight excluding hydrogens is 408 g/mol. The molecule has 0 bridgehead atoms. The van der Waals surface area contributed by atoms with Gasteiger partial charge in [0.25, 0.3) is 5.91 Å². The second kappa shape index (κ2) is 8.40. The summed E-state index contributed by atoms with van der Waals surface area (Å²) in [7, 11) is -3.54. The Balaban J connectivity index is 1.47. The summed E-state index contributed by atoms with van der Waals surface area (Å²) in [4.78, 5) is 12.7. The fourth-order valence-electron chi connectivity index (χ4n) is 3.30. The second-order valence-electron chi connectivity index (χ2n) is 6.78. The van der Waals surface area contributed by atoms with Crippen LogP contribution in [-0.4, -0.2) is 41.9 Å². The fourth-order valence-corrected chi connectivity index (χ4v) is 5.71. The van der Waals surface area contributed by atoms with Crippen molar-refractivity contribution in [2.24, 2.45) is 0 Å². The van der Waals surface area contributed by atoms with Crippen LogP contribution in [0, 0.1) is 0 Å². The van der Waals surface area contributed by atoms with Gasteiger partial charge in [-0.15, -0.1) is 10.2 Å². The van der Waals surface area contributed by atoms with Crippen LogP contribution in [0.15, 0.2) is 65.6 Å². The summed E-state index contributed by atoms with van der Waals surface area (Å²) in [6.07, 6.45) is 1.55. The maximum absolute atomic E-state index is 12.9. The minimum Gasteiger partial charge on any atom is -0.320 e. The van der Waals surface area contributed by atoms with Gasteiger partial charge < -0.3 is 5.32 Å². The normalized spacial score (nSPS) is 17.7. The van der Waals surface area contributed by atoms with Crippen molar-refractivity contribution in [3.05, 3.63) is 70.7 Å². The smallest absolute Gasteiger partial charge is 0.286 e. The maximum Gasteiger partial charge on any atom is 0.286 e. The Morgan fingerprint density at radius 1 is 1.03 bits per heavy atom. The van der Waals surface area contributed by atoms with Crippen LogP contribution in [0.25, 0.3) is 0 Å². The van der Waals surface area contributed by atoms with Gasteiger partial charge in [-0.1, -0.05) is 47.7 Å². The topological polar surface area (TPSA) is 92.3 Å². The average Bonchev–Trinajstić information content (AvgIpc) is 3.26. The molecule has 4 rings (SSSR count). The van der Waals surface area contributed by atoms with E-state index in [-0.39, 0.29) is 16.8 Å². The highest BCUT2D eigenvalue weighted by atomic mass is 32.2. The predicted molar refractivity (Wildman–Crippen MR) is 111 cm³/mol. The van der Waals surface area contributed by atoms with Crippen LogP contribution in [0.4, 0.5) is 5.69 Å². The van der Waals surface area contributed by atoms with E-state index in [1.807, 2.05) is 18.2 Å². The Labute approximate surface area is 173 Å². The first-order valence-electron chi connectivity index (χ1n) is 9.29. The molecule has 0 spiro atoms. The number of nitrogens with zero attached hydrogens (tertiary/aromatic N) is 3. The van der Waals surface area contributed by atoms with Crippen molar-refractivity contribution < 1.29 is 13.2 Å². The van der Waals surface area contributed by atoms with Crippen LogP contribution in [0.5, 0.6) is 0 Å². The molecule has 7 nitrogen and oxygen atoms in total. The fraction of sp³-hybridized carbons (Fsp3) is 0.250. The van der Waals surface area contributed by atoms with Crippen LogP contribution < -0.4 is 5.32 Å². The van der Waals surface area contributed by atoms with Crippen LogP contribution in [0.1, 0.15) is 33.6 Å². The number of sulfonamides is 1. The van der Waals surface area contributed by atoms with Crippen molar-refractivity contribution in [3.63, 3.8) is 0 Å². The molecule has 1 saturated heterocycles. The summed E-state index contributed by atoms with van der Waals surface area (Å²) in [6, 6.07) is 17.6. The van der Waals surface area contributed by atoms with E-state index in [4.69, 9.17) is 0 Å². The average molecular weight is 429 g/mol. The molecule has 2 aromatic carbocycles. The Hall–Kier alpha value is -2.62. The number of benzene rings is 2. The monoisotopic (exact) mass is 428 g/mol. The number of piperidine rings is 1. The molecule has 0 aliphatic carbocycles. The Kier molecular flexibility index (Phi) is 5.70. The third kappa shape index (κ3) is 4.36. The molecule has 150 valence electrons. The zero-order valence-electron chi connectivity index (χ0n) is 15.6. The molecule has 3 aromatic rings. The highest BCUT2D eigenvalue weighted by Gasteiger charge is 2.32. The highest BCUT2D eigenvalue weighted by molar-refractivity contribution is 7.89. The summed E-state index contributed by atoms with van der Waals surface area (Å²) in [5, 5.41) is 12.0. The van der Waals surface area contributed by atoms with Crippen molar-refractivity contribution >= 4 is 33.0 Å². The van der Waals surface area contributed by atoms with Gasteiger partial charge in [0.2, 0.25) is 15.0 Å². The van der Waals surface area contributed by atoms with Gasteiger partial charge in [0, 0.05) is 24.7 Å². The number of rotatable bonds is 5. The predicted octanol–water partition coefficient (Wildman–Crippen LogP) is 3.36. The van der Waals surface area contributed by atoms with Crippen molar-refractivity contribution in [2.45, 2.75) is 23.7 Å². The minimum atomic E-state index is -3.54. The highest BCUT2D eigenvalue weighted by Crippen LogP contribution is 2.32. The van der Waals surface area contributed by atoms with E-state index in [2.05, 4.69) is 15.5 Å². The molecule has 1 N–H and O–H groups in total. The van der Waals surface area contributed by atoms with Gasteiger partial charge in [-0.2, -0.15) is 4.31 Å². The van der Waals surface area contributed by atoms with Gasteiger partial charge in [-0.25, -0.2) is 8.42 Å². The van der Waals surface area contributed by atoms with Crippen molar-refractivity contribution in [2.75, 3.05) is 18.4 Å². The SMILES string of the molecule is O=C(Nc1ccccc1)c1nnc([C@H]2CCCN(S(=O)(=O)c3ccccc3)C2)s1. The summed E-state index contributed by atoms with van der Waals surface area (Å²) < 4.78 is 27.3. The molecule has 29 heavy (non-hydrogen) atoms. The molecule has 0 radical (unpaired) electrons. The van der Waals surface area contributed by atoms with Crippen LogP contribution in [0.3, 0.4) is 0 Å². The lowest BCUT2D eigenvalue weighted by molar-refractivity contribution is 0.102. The largest absolute Gasteiger partial charge is 0.320 e. The lowest BCUT2D eigenvalue weighted by Crippen LogP contribution is -2.39. The third-order valence-corrected chi connectivity index (χ3v) is 7.74. The molecular formula is C20H20N4O3S2. The first-order chi connectivity index (χ1) is 14.0. The van der Waals surface area contributed by atoms with E-state index in [0.717, 1.165) is 12.8 Å². The minimum absolute atomic E-state index is 0.0713. The number of aromatic nitrogens is 2. The van der Waals surface area contributed by atoms with Gasteiger partial charge in [-0.3, -0.25) is 4.79 Å². The first kappa shape index (κ1) is 19.7. The van der Waals surface area contributed by atoms with E-state index in [0.29, 0.717) is 28.7 Å². The molecule has 1 aliphatic heterocycles. The van der Waals surface area contributed by atoms with Crippen molar-refractivity contribution in [3.8, 4) is 0 Å². The second-order valence-corrected chi connectivity index (χ2v) is 9.73. The number of carbonyl (C=O) groups is 1. The van der Waals surface area contributed by atoms with Gasteiger partial charge in [-0.05, 0) is 37.1 Å². The number of anilines is 1. The molecule has 0 unspecified atom stereocenters. The molecule has 9 heteroatoms. The van der Waals surface area contributed by atoms with E-state index in [1.54, 1.807) is 42.5 Å². The van der Waals surface area contributed by atoms with Crippen molar-refractivity contribution in [1.29, 1.82) is 0 Å². The van der Waals surface area contributed by atoms with Gasteiger partial charge >= 0.3 is 0 Å². The zero-order chi connectivity index (χ0) is 20.3. The zero-order valence-corrected chi connectivity index (χ0v) is 17.2. The van der Waals surface area contributed by atoms with Crippen molar-refractivity contribution in [1.82, 2.24) is 14.5 Å². The number of nitrogens with one attached hydrogen (secondary N) is 1. The Morgan fingerprint density at radius 3 is 2.45 bits per heavy atom. The van der Waals surface area contributed by atoms with Gasteiger partial charge in [0.1, 0.15) is 5.01 Å². The quantitative estimate of drug-likeness (QED) is 0.673. The van der Waals surface area contributed by atoms with Crippen LogP contribution in [-0.2, 0) is 10.0 Å². The maximum atomic E-state index is 12.9. The third-order valence-electron chi connectivity index (χ3n) is 4.78. The standard InChI is InChI=1S/C20H20N4O3S2/c25-18(21-16-9-3-1-4-10-16)20-23-22-19(28-20)15-8-7-13-24(14-15)29(26,27)17-11-5-2-6-12-17/h1-6,9-12,15H,7-8,13-14H2,(H,21,25)/t15-/m0/s1. The van der Waals surface area contributed by atoms with Gasteiger partial charge in [0.05, 0.1) is 4.90 Å². The molecule has 2 heterocycles. The first-order valence-corrected chi connectivity index (χ1v) is 11.5. The van der Waals surface area contributed by atoms with Crippen LogP contribution in [0.2, 0.25) is 0 Å². The lowest BCUT2D eigenvalue weighted by Gasteiger charge is -2.30. The number of para-hydroxylation sites is 1. The van der Waals surface area contributed by atoms with E-state index >= 15 is 0 Å². The van der Waals surface area contributed by atoms with Gasteiger partial charge in [0.15, 0.2) is 0 Å². The number of hydrogen-bond donors (Lipinski definition) is 1. The molecule has 1 aromatic heterocycles. The van der Waals surface area contributed by atoms with E-state index < -0.39 is 10.0 Å². The summed E-state index contributed by atoms with van der Waals surface area (Å²) >= 11 is 1.22. The number of amides is 1. The molecule has 0 saturated carbocycles. The molecule has 1 fully saturated rings. The Morgan fingerprint density at radius 2 is 1.72 bits per heavy atom. The number of hydrogen-bond acceptors (Lipinski definition) is 6. The summed E-state index contributed by atoms with van der Waals surface area (Å²) in [5.74, 6) is -0.387. The summed E-state index contributed by atoms with van der Waals surface area (Å²) in [6.45, 7) is 0.819. The van der Waals surface area contributed by atoms with E-state index in [9.17, 15) is 13.2 Å². The molecule has 1 aliphatic rings. The molecule has 1 amide bonds. The Bertz CT molecular complexity index is 1090. The molecule has 1 atom stereocenters. The van der Waals surface area contributed by atoms with Crippen LogP contribution >= 0.6 is 11.3 Å². The van der Waals surface area contributed by atoms with E-state index in [1.165, 1.54) is 15.6 Å².